The van der Waals surface area contributed by atoms with E-state index < -0.39 is 0 Å². The maximum Gasteiger partial charge on any atom is 0.0210 e. The molecule has 14 heavy (non-hydrogen) atoms. The highest BCUT2D eigenvalue weighted by atomic mass is 15.2. The summed E-state index contributed by atoms with van der Waals surface area (Å²) in [6, 6.07) is 2.18. The highest BCUT2D eigenvalue weighted by Crippen LogP contribution is 2.16. The highest BCUT2D eigenvalue weighted by Gasteiger charge is 2.25. The standard InChI is InChI=1S/C12H22N2/c1-10(2)14-8-7-12(9-14)13-11-5-3-4-6-11/h3-4,10-13H,5-9H2,1-2H3. The normalized spacial score (nSPS) is 29.5. The van der Waals surface area contributed by atoms with Crippen molar-refractivity contribution in [1.82, 2.24) is 10.2 Å². The van der Waals surface area contributed by atoms with Crippen molar-refractivity contribution in [2.75, 3.05) is 13.1 Å². The minimum atomic E-state index is 0.712. The van der Waals surface area contributed by atoms with Gasteiger partial charge >= 0.3 is 0 Å². The van der Waals surface area contributed by atoms with Gasteiger partial charge in [-0.15, -0.1) is 0 Å². The second-order valence-electron chi connectivity index (χ2n) is 4.88. The summed E-state index contributed by atoms with van der Waals surface area (Å²) in [7, 11) is 0. The Hall–Kier alpha value is -0.340. The number of rotatable bonds is 3. The zero-order valence-electron chi connectivity index (χ0n) is 9.37. The lowest BCUT2D eigenvalue weighted by molar-refractivity contribution is 0.265. The molecular formula is C12H22N2. The molecule has 0 spiro atoms. The molecule has 1 fully saturated rings. The van der Waals surface area contributed by atoms with Crippen molar-refractivity contribution < 1.29 is 0 Å². The van der Waals surface area contributed by atoms with Gasteiger partial charge in [0.1, 0.15) is 0 Å². The molecule has 2 rings (SSSR count). The zero-order chi connectivity index (χ0) is 9.97. The lowest BCUT2D eigenvalue weighted by atomic mass is 10.2. The summed E-state index contributed by atoms with van der Waals surface area (Å²) in [5.74, 6) is 0. The van der Waals surface area contributed by atoms with Crippen LogP contribution in [0.1, 0.15) is 33.1 Å². The van der Waals surface area contributed by atoms with Gasteiger partial charge in [0, 0.05) is 24.7 Å². The number of nitrogens with one attached hydrogen (secondary N) is 1. The third kappa shape index (κ3) is 2.37. The molecule has 0 saturated carbocycles. The van der Waals surface area contributed by atoms with Crippen LogP contribution in [-0.2, 0) is 0 Å². The highest BCUT2D eigenvalue weighted by molar-refractivity contribution is 4.99. The Morgan fingerprint density at radius 2 is 1.93 bits per heavy atom. The van der Waals surface area contributed by atoms with Crippen LogP contribution in [-0.4, -0.2) is 36.1 Å². The van der Waals surface area contributed by atoms with Gasteiger partial charge in [0.2, 0.25) is 0 Å². The van der Waals surface area contributed by atoms with E-state index in [-0.39, 0.29) is 0 Å². The van der Waals surface area contributed by atoms with Gasteiger partial charge in [-0.1, -0.05) is 12.2 Å². The van der Waals surface area contributed by atoms with E-state index in [0.29, 0.717) is 6.04 Å². The van der Waals surface area contributed by atoms with Crippen molar-refractivity contribution in [2.45, 2.75) is 51.2 Å². The molecule has 0 aromatic carbocycles. The Balaban J connectivity index is 1.73. The number of likely N-dealkylation sites (tertiary alicyclic amines) is 1. The van der Waals surface area contributed by atoms with Crippen LogP contribution < -0.4 is 5.32 Å². The first-order chi connectivity index (χ1) is 6.75. The smallest absolute Gasteiger partial charge is 0.0210 e. The molecule has 1 aliphatic heterocycles. The zero-order valence-corrected chi connectivity index (χ0v) is 9.37. The first kappa shape index (κ1) is 10.2. The molecular weight excluding hydrogens is 172 g/mol. The van der Waals surface area contributed by atoms with Crippen LogP contribution in [0.2, 0.25) is 0 Å². The molecule has 1 atom stereocenters. The van der Waals surface area contributed by atoms with Gasteiger partial charge in [-0.3, -0.25) is 4.90 Å². The number of hydrogen-bond acceptors (Lipinski definition) is 2. The predicted octanol–water partition coefficient (Wildman–Crippen LogP) is 1.78. The van der Waals surface area contributed by atoms with Crippen molar-refractivity contribution in [1.29, 1.82) is 0 Å². The Morgan fingerprint density at radius 1 is 1.21 bits per heavy atom. The Morgan fingerprint density at radius 3 is 2.50 bits per heavy atom. The second-order valence-corrected chi connectivity index (χ2v) is 4.88. The van der Waals surface area contributed by atoms with Gasteiger partial charge in [-0.05, 0) is 39.7 Å². The van der Waals surface area contributed by atoms with Crippen LogP contribution >= 0.6 is 0 Å². The summed E-state index contributed by atoms with van der Waals surface area (Å²) in [6.45, 7) is 7.10. The molecule has 0 radical (unpaired) electrons. The predicted molar refractivity (Wildman–Crippen MR) is 60.4 cm³/mol. The van der Waals surface area contributed by atoms with E-state index in [9.17, 15) is 0 Å². The first-order valence-corrected chi connectivity index (χ1v) is 5.91. The Labute approximate surface area is 87.4 Å². The summed E-state index contributed by atoms with van der Waals surface area (Å²) in [6.07, 6.45) is 8.39. The van der Waals surface area contributed by atoms with Crippen LogP contribution in [0.25, 0.3) is 0 Å². The topological polar surface area (TPSA) is 15.3 Å². The lowest BCUT2D eigenvalue weighted by Gasteiger charge is -2.22. The molecule has 2 aliphatic rings. The second kappa shape index (κ2) is 4.45. The van der Waals surface area contributed by atoms with Crippen molar-refractivity contribution >= 4 is 0 Å². The average Bonchev–Trinajstić information content (AvgIpc) is 2.75. The molecule has 1 aliphatic carbocycles. The fraction of sp³-hybridized carbons (Fsp3) is 0.833. The molecule has 0 amide bonds. The third-order valence-electron chi connectivity index (χ3n) is 3.43. The monoisotopic (exact) mass is 194 g/mol. The summed E-state index contributed by atoms with van der Waals surface area (Å²) in [4.78, 5) is 2.57. The van der Waals surface area contributed by atoms with Gasteiger partial charge < -0.3 is 5.32 Å². The molecule has 0 bridgehead atoms. The Kier molecular flexibility index (Phi) is 3.24. The van der Waals surface area contributed by atoms with Crippen LogP contribution in [0.15, 0.2) is 12.2 Å². The summed E-state index contributed by atoms with van der Waals surface area (Å²) in [5.41, 5.74) is 0. The van der Waals surface area contributed by atoms with Gasteiger partial charge in [0.15, 0.2) is 0 Å². The van der Waals surface area contributed by atoms with E-state index in [4.69, 9.17) is 0 Å². The van der Waals surface area contributed by atoms with Crippen LogP contribution in [0, 0.1) is 0 Å². The van der Waals surface area contributed by atoms with Crippen LogP contribution in [0.5, 0.6) is 0 Å². The minimum absolute atomic E-state index is 0.712. The average molecular weight is 194 g/mol. The van der Waals surface area contributed by atoms with Gasteiger partial charge in [-0.2, -0.15) is 0 Å². The summed E-state index contributed by atoms with van der Waals surface area (Å²) < 4.78 is 0. The van der Waals surface area contributed by atoms with E-state index in [1.54, 1.807) is 0 Å². The molecule has 1 N–H and O–H groups in total. The van der Waals surface area contributed by atoms with Crippen molar-refractivity contribution in [3.63, 3.8) is 0 Å². The summed E-state index contributed by atoms with van der Waals surface area (Å²) in [5, 5.41) is 3.76. The lowest BCUT2D eigenvalue weighted by Crippen LogP contribution is -2.39. The largest absolute Gasteiger partial charge is 0.309 e. The maximum absolute atomic E-state index is 3.76. The molecule has 1 heterocycles. The SMILES string of the molecule is CC(C)N1CCC(NC2CC=CC2)C1. The fourth-order valence-corrected chi connectivity index (χ4v) is 2.48. The molecule has 1 saturated heterocycles. The quantitative estimate of drug-likeness (QED) is 0.689. The molecule has 2 heteroatoms. The van der Waals surface area contributed by atoms with E-state index in [1.807, 2.05) is 0 Å². The van der Waals surface area contributed by atoms with Crippen molar-refractivity contribution in [3.05, 3.63) is 12.2 Å². The maximum atomic E-state index is 3.76. The molecule has 80 valence electrons. The first-order valence-electron chi connectivity index (χ1n) is 5.91. The van der Waals surface area contributed by atoms with Gasteiger partial charge in [0.05, 0.1) is 0 Å². The van der Waals surface area contributed by atoms with Crippen LogP contribution in [0.4, 0.5) is 0 Å². The van der Waals surface area contributed by atoms with Gasteiger partial charge in [-0.25, -0.2) is 0 Å². The van der Waals surface area contributed by atoms with Crippen LogP contribution in [0.3, 0.4) is 0 Å². The summed E-state index contributed by atoms with van der Waals surface area (Å²) >= 11 is 0. The number of nitrogens with zero attached hydrogens (tertiary/aromatic N) is 1. The molecule has 1 unspecified atom stereocenters. The third-order valence-corrected chi connectivity index (χ3v) is 3.43. The van der Waals surface area contributed by atoms with E-state index >= 15 is 0 Å². The minimum Gasteiger partial charge on any atom is -0.309 e. The number of hydrogen-bond donors (Lipinski definition) is 1. The van der Waals surface area contributed by atoms with E-state index in [1.165, 1.54) is 32.4 Å². The van der Waals surface area contributed by atoms with Crippen molar-refractivity contribution in [2.24, 2.45) is 0 Å². The Bertz CT molecular complexity index is 202. The molecule has 0 aromatic rings. The molecule has 2 nitrogen and oxygen atoms in total. The van der Waals surface area contributed by atoms with Crippen molar-refractivity contribution in [3.8, 4) is 0 Å². The van der Waals surface area contributed by atoms with E-state index in [2.05, 4.69) is 36.2 Å². The fourth-order valence-electron chi connectivity index (χ4n) is 2.48. The molecule has 0 aromatic heterocycles. The van der Waals surface area contributed by atoms with Gasteiger partial charge in [0.25, 0.3) is 0 Å². The van der Waals surface area contributed by atoms with E-state index in [0.717, 1.165) is 12.1 Å².